The number of aromatic nitrogens is 6. The van der Waals surface area contributed by atoms with Crippen molar-refractivity contribution in [1.29, 1.82) is 0 Å². The maximum Gasteiger partial charge on any atom is 0.328 e. The van der Waals surface area contributed by atoms with E-state index in [1.54, 1.807) is 12.4 Å². The normalized spacial score (nSPS) is 9.96. The Labute approximate surface area is 320 Å². The van der Waals surface area contributed by atoms with Crippen LogP contribution in [-0.4, -0.2) is 109 Å². The van der Waals surface area contributed by atoms with Gasteiger partial charge in [-0.15, -0.1) is 0 Å². The molecule has 0 unspecified atom stereocenters. The Morgan fingerprint density at radius 3 is 1.07 bits per heavy atom. The molecule has 0 aliphatic carbocycles. The molecule has 0 bridgehead atoms. The van der Waals surface area contributed by atoms with Gasteiger partial charge in [-0.3, -0.25) is 0 Å². The second kappa shape index (κ2) is 29.9. The fourth-order valence-corrected chi connectivity index (χ4v) is 3.50. The van der Waals surface area contributed by atoms with E-state index in [1.807, 2.05) is 75.3 Å². The molecule has 8 N–H and O–H groups in total. The number of aliphatic carboxylic acids is 6. The molecule has 0 aliphatic rings. The number of rotatable bonds is 16. The van der Waals surface area contributed by atoms with Crippen LogP contribution >= 0.6 is 0 Å². The molecule has 20 heteroatoms. The van der Waals surface area contributed by atoms with E-state index < -0.39 is 35.8 Å². The van der Waals surface area contributed by atoms with Gasteiger partial charge < -0.3 is 50.4 Å². The van der Waals surface area contributed by atoms with Crippen LogP contribution in [0.4, 0.5) is 11.6 Å². The highest BCUT2D eigenvalue weighted by atomic mass is 16.4. The third-order valence-electron chi connectivity index (χ3n) is 5.80. The molecule has 0 amide bonds. The van der Waals surface area contributed by atoms with E-state index in [0.717, 1.165) is 62.0 Å². The first-order chi connectivity index (χ1) is 26.6. The SMILES string of the molecule is Cc1cccc(NCCCn2ccnc2)n1.Cc1cccc(NCCCn2ccnc2)n1.O=C(O)/C=C/C(=O)O.O=C(O)/C=C/C(=O)O.O=C(O)/C=C/C(=O)O. The number of nitrogens with zero attached hydrogens (tertiary/aromatic N) is 6. The zero-order chi connectivity index (χ0) is 42.1. The molecular weight excluding hydrogens is 736 g/mol. The minimum absolute atomic E-state index is 0.558. The molecule has 0 spiro atoms. The molecule has 4 heterocycles. The summed E-state index contributed by atoms with van der Waals surface area (Å²) in [5.41, 5.74) is 2.08. The number of carbonyl (C=O) groups is 6. The van der Waals surface area contributed by atoms with E-state index in [2.05, 4.69) is 39.7 Å². The summed E-state index contributed by atoms with van der Waals surface area (Å²) in [4.78, 5) is 74.1. The van der Waals surface area contributed by atoms with E-state index in [1.165, 1.54) is 0 Å². The van der Waals surface area contributed by atoms with E-state index in [9.17, 15) is 28.8 Å². The number of aryl methyl sites for hydroxylation is 4. The molecular formula is C36H44N8O12. The second-order valence-electron chi connectivity index (χ2n) is 10.5. The lowest BCUT2D eigenvalue weighted by atomic mass is 10.3. The smallest absolute Gasteiger partial charge is 0.328 e. The van der Waals surface area contributed by atoms with Crippen LogP contribution in [0, 0.1) is 13.8 Å². The van der Waals surface area contributed by atoms with Crippen LogP contribution in [0.25, 0.3) is 0 Å². The van der Waals surface area contributed by atoms with Crippen molar-refractivity contribution in [2.45, 2.75) is 39.8 Å². The molecule has 4 aromatic rings. The van der Waals surface area contributed by atoms with Crippen molar-refractivity contribution in [3.63, 3.8) is 0 Å². The van der Waals surface area contributed by atoms with Crippen molar-refractivity contribution in [3.05, 3.63) is 122 Å². The van der Waals surface area contributed by atoms with Gasteiger partial charge in [0.05, 0.1) is 12.7 Å². The van der Waals surface area contributed by atoms with Gasteiger partial charge in [-0.05, 0) is 51.0 Å². The molecule has 0 fully saturated rings. The van der Waals surface area contributed by atoms with E-state index >= 15 is 0 Å². The lowest BCUT2D eigenvalue weighted by molar-refractivity contribution is -0.134. The van der Waals surface area contributed by atoms with Crippen molar-refractivity contribution in [1.82, 2.24) is 29.1 Å². The summed E-state index contributed by atoms with van der Waals surface area (Å²) in [6, 6.07) is 12.0. The van der Waals surface area contributed by atoms with Gasteiger partial charge in [0.15, 0.2) is 0 Å². The van der Waals surface area contributed by atoms with E-state index in [-0.39, 0.29) is 0 Å². The first-order valence-corrected chi connectivity index (χ1v) is 16.3. The van der Waals surface area contributed by atoms with Crippen LogP contribution in [-0.2, 0) is 41.9 Å². The molecule has 0 aliphatic heterocycles. The molecule has 0 aromatic carbocycles. The lowest BCUT2D eigenvalue weighted by Crippen LogP contribution is -2.07. The number of nitrogens with one attached hydrogen (secondary N) is 2. The van der Waals surface area contributed by atoms with Gasteiger partial charge in [-0.1, -0.05) is 12.1 Å². The number of imidazole rings is 2. The van der Waals surface area contributed by atoms with Gasteiger partial charge in [0.2, 0.25) is 0 Å². The fraction of sp³-hybridized carbons (Fsp3) is 0.222. The van der Waals surface area contributed by atoms with Crippen LogP contribution in [0.2, 0.25) is 0 Å². The summed E-state index contributed by atoms with van der Waals surface area (Å²) in [5, 5.41) is 53.5. The van der Waals surface area contributed by atoms with E-state index in [0.29, 0.717) is 36.5 Å². The summed E-state index contributed by atoms with van der Waals surface area (Å²) in [5.74, 6) is -5.64. The fourth-order valence-electron chi connectivity index (χ4n) is 3.50. The monoisotopic (exact) mass is 780 g/mol. The number of hydrogen-bond donors (Lipinski definition) is 8. The Balaban J connectivity index is 0.000000708. The van der Waals surface area contributed by atoms with E-state index in [4.69, 9.17) is 30.6 Å². The summed E-state index contributed by atoms with van der Waals surface area (Å²) in [6.45, 7) is 7.81. The average Bonchev–Trinajstić information content (AvgIpc) is 3.86. The molecule has 20 nitrogen and oxygen atoms in total. The largest absolute Gasteiger partial charge is 0.478 e. The number of hydrogen-bond acceptors (Lipinski definition) is 12. The highest BCUT2D eigenvalue weighted by Crippen LogP contribution is 2.05. The van der Waals surface area contributed by atoms with Gasteiger partial charge in [-0.25, -0.2) is 48.7 Å². The van der Waals surface area contributed by atoms with Crippen molar-refractivity contribution < 1.29 is 59.4 Å². The molecule has 0 radical (unpaired) electrons. The third kappa shape index (κ3) is 31.1. The van der Waals surface area contributed by atoms with Crippen LogP contribution in [0.1, 0.15) is 24.2 Å². The third-order valence-corrected chi connectivity index (χ3v) is 5.80. The van der Waals surface area contributed by atoms with Gasteiger partial charge in [0, 0.05) is 98.8 Å². The molecule has 0 saturated heterocycles. The number of carboxylic acid groups (broad SMARTS) is 6. The van der Waals surface area contributed by atoms with Crippen LogP contribution < -0.4 is 10.6 Å². The second-order valence-corrected chi connectivity index (χ2v) is 10.5. The Hall–Kier alpha value is -7.64. The van der Waals surface area contributed by atoms with Gasteiger partial charge in [0.1, 0.15) is 11.6 Å². The topological polar surface area (TPSA) is 309 Å². The summed E-state index contributed by atoms with van der Waals surface area (Å²) >= 11 is 0. The predicted octanol–water partition coefficient (Wildman–Crippen LogP) is 3.31. The lowest BCUT2D eigenvalue weighted by Gasteiger charge is -2.06. The quantitative estimate of drug-likeness (QED) is 0.0597. The molecule has 0 atom stereocenters. The zero-order valence-electron chi connectivity index (χ0n) is 30.5. The van der Waals surface area contributed by atoms with Gasteiger partial charge in [0.25, 0.3) is 0 Å². The predicted molar refractivity (Wildman–Crippen MR) is 202 cm³/mol. The Kier molecular flexibility index (Phi) is 25.8. The minimum atomic E-state index is -1.26. The number of carboxylic acids is 6. The molecule has 4 rings (SSSR count). The Morgan fingerprint density at radius 1 is 0.536 bits per heavy atom. The first-order valence-electron chi connectivity index (χ1n) is 16.3. The van der Waals surface area contributed by atoms with Gasteiger partial charge >= 0.3 is 35.8 Å². The molecule has 0 saturated carbocycles. The average molecular weight is 781 g/mol. The molecule has 56 heavy (non-hydrogen) atoms. The van der Waals surface area contributed by atoms with Crippen molar-refractivity contribution >= 4 is 47.5 Å². The van der Waals surface area contributed by atoms with Crippen LogP contribution in [0.15, 0.2) is 110 Å². The van der Waals surface area contributed by atoms with Crippen molar-refractivity contribution in [2.24, 2.45) is 0 Å². The Morgan fingerprint density at radius 2 is 0.839 bits per heavy atom. The van der Waals surface area contributed by atoms with Crippen LogP contribution in [0.3, 0.4) is 0 Å². The van der Waals surface area contributed by atoms with Crippen molar-refractivity contribution in [3.8, 4) is 0 Å². The zero-order valence-corrected chi connectivity index (χ0v) is 30.5. The highest BCUT2D eigenvalue weighted by molar-refractivity contribution is 5.90. The minimum Gasteiger partial charge on any atom is -0.478 e. The summed E-state index contributed by atoms with van der Waals surface area (Å²) in [6.07, 6.45) is 16.7. The van der Waals surface area contributed by atoms with Crippen LogP contribution in [0.5, 0.6) is 0 Å². The van der Waals surface area contributed by atoms with Crippen molar-refractivity contribution in [2.75, 3.05) is 23.7 Å². The molecule has 300 valence electrons. The maximum atomic E-state index is 9.55. The molecule has 4 aromatic heterocycles. The maximum absolute atomic E-state index is 9.55. The standard InChI is InChI=1S/2C12H16N4.3C4H4O4/c2*1-11-4-2-5-12(15-11)14-6-3-8-16-9-7-13-10-16;3*5-3(6)1-2-4(7)8/h2*2,4-5,7,9-10H,3,6,8H2,1H3,(H,14,15);3*1-2H,(H,5,6)(H,7,8)/b;;3*2-1+. The number of pyridine rings is 2. The Bertz CT molecular complexity index is 1650. The number of anilines is 2. The summed E-state index contributed by atoms with van der Waals surface area (Å²) in [7, 11) is 0. The highest BCUT2D eigenvalue weighted by Gasteiger charge is 1.96. The first kappa shape index (κ1) is 48.4. The summed E-state index contributed by atoms with van der Waals surface area (Å²) < 4.78 is 4.15. The van der Waals surface area contributed by atoms with Gasteiger partial charge in [-0.2, -0.15) is 0 Å².